The molecule has 3 N–H and O–H groups in total. The lowest BCUT2D eigenvalue weighted by atomic mass is 10.0. The summed E-state index contributed by atoms with van der Waals surface area (Å²) in [6.45, 7) is 0. The van der Waals surface area contributed by atoms with Crippen LogP contribution in [0.3, 0.4) is 0 Å². The monoisotopic (exact) mass is 548 g/mol. The predicted octanol–water partition coefficient (Wildman–Crippen LogP) is 1.43. The molecule has 1 fully saturated rings. The molecule has 11 nitrogen and oxygen atoms in total. The number of rotatable bonds is 9. The van der Waals surface area contributed by atoms with E-state index in [-0.39, 0.29) is 33.3 Å². The molecule has 0 spiro atoms. The zero-order valence-corrected chi connectivity index (χ0v) is 19.5. The van der Waals surface area contributed by atoms with Crippen molar-refractivity contribution in [2.24, 2.45) is 0 Å². The molecule has 1 amide bonds. The summed E-state index contributed by atoms with van der Waals surface area (Å²) in [6, 6.07) is -0.932. The van der Waals surface area contributed by atoms with E-state index in [4.69, 9.17) is 21.2 Å². The molecule has 2 atom stereocenters. The molecular formula is C15H15F3N4O7S4. The smallest absolute Gasteiger partial charge is 0.389 e. The molecule has 182 valence electrons. The number of carbonyl (C=O) groups excluding carboxylic acids is 1. The number of alkyl halides is 3. The number of hydrogen-bond donors (Lipinski definition) is 3. The first kappa shape index (κ1) is 25.7. The lowest BCUT2D eigenvalue weighted by Crippen LogP contribution is -2.70. The number of aromatic nitrogens is 2. The van der Waals surface area contributed by atoms with Gasteiger partial charge < -0.3 is 14.8 Å². The van der Waals surface area contributed by atoms with Crippen LogP contribution in [0.2, 0.25) is 0 Å². The topological polar surface area (TPSA) is 163 Å². The number of amides is 1. The summed E-state index contributed by atoms with van der Waals surface area (Å²) in [5.74, 6) is -2.99. The van der Waals surface area contributed by atoms with Gasteiger partial charge in [-0.15, -0.1) is 22.0 Å². The molecule has 1 aromatic heterocycles. The van der Waals surface area contributed by atoms with E-state index in [1.165, 1.54) is 11.8 Å². The van der Waals surface area contributed by atoms with Crippen LogP contribution in [0.1, 0.15) is 18.7 Å². The molecular weight excluding hydrogens is 533 g/mol. The Morgan fingerprint density at radius 3 is 2.70 bits per heavy atom. The van der Waals surface area contributed by atoms with Crippen molar-refractivity contribution in [1.82, 2.24) is 20.4 Å². The van der Waals surface area contributed by atoms with Crippen molar-refractivity contribution < 1.29 is 45.3 Å². The number of hydrogen-bond acceptors (Lipinski definition) is 10. The highest BCUT2D eigenvalue weighted by molar-refractivity contribution is 8.01. The molecule has 0 radical (unpaired) electrons. The average molecular weight is 549 g/mol. The van der Waals surface area contributed by atoms with Gasteiger partial charge >= 0.3 is 12.1 Å². The first-order chi connectivity index (χ1) is 15.2. The molecule has 1 unspecified atom stereocenters. The maximum Gasteiger partial charge on any atom is 0.389 e. The van der Waals surface area contributed by atoms with Gasteiger partial charge in [-0.2, -0.15) is 21.6 Å². The number of carboxylic acids is 1. The Balaban J connectivity index is 1.65. The molecule has 2 aliphatic heterocycles. The van der Waals surface area contributed by atoms with Gasteiger partial charge in [0.15, 0.2) is 5.75 Å². The summed E-state index contributed by atoms with van der Waals surface area (Å²) in [5, 5.41) is 18.6. The molecule has 0 aromatic carbocycles. The van der Waals surface area contributed by atoms with E-state index >= 15 is 0 Å². The zero-order valence-electron chi connectivity index (χ0n) is 16.2. The number of thioether (sulfide) groups is 2. The number of β-lactam (4-membered cyclic amide) rings is 1. The summed E-state index contributed by atoms with van der Waals surface area (Å²) >= 11 is 7.01. The van der Waals surface area contributed by atoms with Crippen LogP contribution in [0.15, 0.2) is 20.9 Å². The van der Waals surface area contributed by atoms with Gasteiger partial charge in [0.05, 0.1) is 4.99 Å². The van der Waals surface area contributed by atoms with Gasteiger partial charge in [-0.05, 0) is 5.57 Å². The maximum atomic E-state index is 12.5. The molecule has 0 bridgehead atoms. The van der Waals surface area contributed by atoms with E-state index in [9.17, 15) is 36.3 Å². The van der Waals surface area contributed by atoms with Crippen LogP contribution in [-0.4, -0.2) is 79.1 Å². The Hall–Kier alpha value is -1.89. The zero-order chi connectivity index (χ0) is 24.6. The summed E-state index contributed by atoms with van der Waals surface area (Å²) < 4.78 is 72.6. The molecule has 2 aliphatic rings. The third kappa shape index (κ3) is 6.58. The van der Waals surface area contributed by atoms with Crippen LogP contribution in [0, 0.1) is 0 Å². The summed E-state index contributed by atoms with van der Waals surface area (Å²) in [7, 11) is -4.37. The average Bonchev–Trinajstić information content (AvgIpc) is 3.12. The van der Waals surface area contributed by atoms with Gasteiger partial charge in [-0.25, -0.2) is 4.79 Å². The fourth-order valence-corrected chi connectivity index (χ4v) is 5.88. The molecule has 33 heavy (non-hydrogen) atoms. The van der Waals surface area contributed by atoms with Crippen LogP contribution >= 0.6 is 35.7 Å². The standard InChI is InChI=1S/C15H15F3N4O7S4/c16-15(17,18)2-1-8(30)19-9-11(23)22-10(13(24)25)6(3-31-12(9)22)4-32-14-21-20-7(29-14)5-33(26,27)28/h9,12H,1-5H2,(H,19,30)(H,24,25)(H,26,27,28)/t9?,12-/m1/s1. The van der Waals surface area contributed by atoms with Gasteiger partial charge in [0.2, 0.25) is 5.89 Å². The lowest BCUT2D eigenvalue weighted by molar-refractivity contribution is -0.148. The van der Waals surface area contributed by atoms with Crippen LogP contribution in [0.5, 0.6) is 0 Å². The van der Waals surface area contributed by atoms with Crippen molar-refractivity contribution in [1.29, 1.82) is 0 Å². The van der Waals surface area contributed by atoms with Crippen molar-refractivity contribution >= 4 is 62.7 Å². The minimum Gasteiger partial charge on any atom is -0.477 e. The second-order valence-corrected chi connectivity index (χ2v) is 10.8. The highest BCUT2D eigenvalue weighted by atomic mass is 32.2. The number of aliphatic carboxylic acids is 1. The number of carbonyl (C=O) groups is 2. The van der Waals surface area contributed by atoms with Crippen molar-refractivity contribution in [3.63, 3.8) is 0 Å². The molecule has 3 heterocycles. The van der Waals surface area contributed by atoms with E-state index in [2.05, 4.69) is 15.5 Å². The van der Waals surface area contributed by atoms with Crippen LogP contribution in [0.4, 0.5) is 13.2 Å². The first-order valence-electron chi connectivity index (χ1n) is 8.91. The Bertz CT molecular complexity index is 1110. The van der Waals surface area contributed by atoms with Gasteiger partial charge in [-0.1, -0.05) is 24.0 Å². The number of halogens is 3. The third-order valence-electron chi connectivity index (χ3n) is 4.33. The molecule has 1 saturated heterocycles. The van der Waals surface area contributed by atoms with Crippen molar-refractivity contribution in [2.45, 2.75) is 41.4 Å². The quantitative estimate of drug-likeness (QED) is 0.176. The van der Waals surface area contributed by atoms with Gasteiger partial charge in [0.1, 0.15) is 17.1 Å². The number of thiocarbonyl (C=S) groups is 1. The summed E-state index contributed by atoms with van der Waals surface area (Å²) in [5.41, 5.74) is 0.0999. The second kappa shape index (κ2) is 9.77. The van der Waals surface area contributed by atoms with Crippen molar-refractivity contribution in [2.75, 3.05) is 11.5 Å². The van der Waals surface area contributed by atoms with E-state index in [1.807, 2.05) is 0 Å². The van der Waals surface area contributed by atoms with Crippen LogP contribution in [0.25, 0.3) is 0 Å². The summed E-state index contributed by atoms with van der Waals surface area (Å²) in [4.78, 5) is 25.3. The predicted molar refractivity (Wildman–Crippen MR) is 113 cm³/mol. The number of fused-ring (bicyclic) bond motifs is 1. The Labute approximate surface area is 198 Å². The number of carboxylic acid groups (broad SMARTS) is 1. The van der Waals surface area contributed by atoms with Crippen LogP contribution in [-0.2, 0) is 25.5 Å². The highest BCUT2D eigenvalue weighted by Gasteiger charge is 2.53. The normalized spacial score (nSPS) is 21.0. The fraction of sp³-hybridized carbons (Fsp3) is 0.533. The molecule has 0 aliphatic carbocycles. The largest absolute Gasteiger partial charge is 0.477 e. The van der Waals surface area contributed by atoms with E-state index < -0.39 is 58.2 Å². The Morgan fingerprint density at radius 1 is 1.39 bits per heavy atom. The van der Waals surface area contributed by atoms with Crippen molar-refractivity contribution in [3.8, 4) is 0 Å². The molecule has 18 heteroatoms. The van der Waals surface area contributed by atoms with Gasteiger partial charge in [0.25, 0.3) is 21.2 Å². The second-order valence-electron chi connectivity index (χ2n) is 6.80. The SMILES string of the molecule is O=C(O)C1=C(CSc2nnc(CS(=O)(=O)O)o2)CS[C@@H]2C(NC(=S)CCC(F)(F)F)C(=O)N12. The minimum atomic E-state index is -4.39. The Kier molecular flexibility index (Phi) is 7.62. The number of nitrogens with zero attached hydrogens (tertiary/aromatic N) is 3. The van der Waals surface area contributed by atoms with E-state index in [0.29, 0.717) is 5.57 Å². The Morgan fingerprint density at radius 2 is 2.09 bits per heavy atom. The molecule has 3 rings (SSSR count). The third-order valence-corrected chi connectivity index (χ3v) is 7.50. The molecule has 0 saturated carbocycles. The fourth-order valence-electron chi connectivity index (χ4n) is 2.95. The van der Waals surface area contributed by atoms with Gasteiger partial charge in [0, 0.05) is 24.3 Å². The molecule has 1 aromatic rings. The lowest BCUT2D eigenvalue weighted by Gasteiger charge is -2.49. The minimum absolute atomic E-state index is 0.0285. The highest BCUT2D eigenvalue weighted by Crippen LogP contribution is 2.41. The van der Waals surface area contributed by atoms with Crippen molar-refractivity contribution in [3.05, 3.63) is 17.2 Å². The number of nitrogens with one attached hydrogen (secondary N) is 1. The van der Waals surface area contributed by atoms with E-state index in [1.54, 1.807) is 0 Å². The maximum absolute atomic E-state index is 12.5. The summed E-state index contributed by atoms with van der Waals surface area (Å²) in [6.07, 6.45) is -6.00. The van der Waals surface area contributed by atoms with Crippen LogP contribution < -0.4 is 5.32 Å². The van der Waals surface area contributed by atoms with Gasteiger partial charge in [-0.3, -0.25) is 14.2 Å². The van der Waals surface area contributed by atoms with E-state index in [0.717, 1.165) is 16.7 Å². The first-order valence-corrected chi connectivity index (χ1v) is 13.0.